The highest BCUT2D eigenvalue weighted by Crippen LogP contribution is 2.44. The van der Waals surface area contributed by atoms with Crippen LogP contribution < -0.4 is 9.84 Å². The number of carbonyl (C=O) groups excluding carboxylic acids is 1. The van der Waals surface area contributed by atoms with E-state index in [2.05, 4.69) is 55.6 Å². The van der Waals surface area contributed by atoms with E-state index >= 15 is 0 Å². The lowest BCUT2D eigenvalue weighted by Gasteiger charge is -2.42. The molecule has 152 valence electrons. The quantitative estimate of drug-likeness (QED) is 0.578. The standard InChI is InChI=1S/C24H28N2O3/c1-23(2)16-24(3,4)29-21-12-10-17(13-20(21)23)9-11-19-15-25-18(14-26-19)7-5-6-8-22(27)28/h10,12-15H,5-8,16H2,1-4H3,(H,27,28)/p-1. The second kappa shape index (κ2) is 8.24. The number of carbonyl (C=O) groups is 1. The van der Waals surface area contributed by atoms with Crippen molar-refractivity contribution in [2.45, 2.75) is 70.8 Å². The molecule has 29 heavy (non-hydrogen) atoms. The van der Waals surface area contributed by atoms with Gasteiger partial charge in [-0.3, -0.25) is 4.98 Å². The van der Waals surface area contributed by atoms with E-state index in [0.717, 1.165) is 29.8 Å². The Labute approximate surface area is 172 Å². The number of aryl methyl sites for hydroxylation is 1. The fourth-order valence-electron chi connectivity index (χ4n) is 3.98. The Bertz CT molecular complexity index is 950. The first kappa shape index (κ1) is 20.9. The Morgan fingerprint density at radius 2 is 1.93 bits per heavy atom. The minimum absolute atomic E-state index is 0.0208. The maximum atomic E-state index is 10.4. The van der Waals surface area contributed by atoms with E-state index in [-0.39, 0.29) is 17.4 Å². The van der Waals surface area contributed by atoms with Crippen LogP contribution >= 0.6 is 0 Å². The van der Waals surface area contributed by atoms with E-state index in [1.54, 1.807) is 12.4 Å². The summed E-state index contributed by atoms with van der Waals surface area (Å²) in [5, 5.41) is 10.4. The molecule has 0 radical (unpaired) electrons. The number of unbranched alkanes of at least 4 members (excludes halogenated alkanes) is 1. The summed E-state index contributed by atoms with van der Waals surface area (Å²) in [6.45, 7) is 8.73. The molecule has 0 fully saturated rings. The molecular weight excluding hydrogens is 364 g/mol. The van der Waals surface area contributed by atoms with Gasteiger partial charge >= 0.3 is 0 Å². The zero-order valence-electron chi connectivity index (χ0n) is 17.5. The third-order valence-corrected chi connectivity index (χ3v) is 5.07. The van der Waals surface area contributed by atoms with E-state index in [1.165, 1.54) is 5.56 Å². The van der Waals surface area contributed by atoms with Gasteiger partial charge in [-0.2, -0.15) is 0 Å². The third-order valence-electron chi connectivity index (χ3n) is 5.07. The van der Waals surface area contributed by atoms with Crippen LogP contribution in [0.4, 0.5) is 0 Å². The summed E-state index contributed by atoms with van der Waals surface area (Å²) in [4.78, 5) is 19.1. The molecule has 5 heteroatoms. The highest BCUT2D eigenvalue weighted by molar-refractivity contribution is 5.64. The molecule has 1 aromatic heterocycles. The molecule has 0 spiro atoms. The van der Waals surface area contributed by atoms with Gasteiger partial charge in [0.15, 0.2) is 0 Å². The topological polar surface area (TPSA) is 75.1 Å². The predicted octanol–water partition coefficient (Wildman–Crippen LogP) is 3.18. The Balaban J connectivity index is 1.68. The smallest absolute Gasteiger partial charge is 0.131 e. The van der Waals surface area contributed by atoms with E-state index in [9.17, 15) is 9.90 Å². The molecule has 1 aliphatic heterocycles. The number of hydrogen-bond acceptors (Lipinski definition) is 5. The van der Waals surface area contributed by atoms with Crippen molar-refractivity contribution >= 4 is 5.97 Å². The van der Waals surface area contributed by atoms with E-state index in [4.69, 9.17) is 4.74 Å². The van der Waals surface area contributed by atoms with Gasteiger partial charge < -0.3 is 14.6 Å². The van der Waals surface area contributed by atoms with Gasteiger partial charge in [-0.15, -0.1) is 0 Å². The highest BCUT2D eigenvalue weighted by atomic mass is 16.5. The number of fused-ring (bicyclic) bond motifs is 1. The fraction of sp³-hybridized carbons (Fsp3) is 0.458. The summed E-state index contributed by atoms with van der Waals surface area (Å²) in [5.41, 5.74) is 3.40. The Hall–Kier alpha value is -2.87. The summed E-state index contributed by atoms with van der Waals surface area (Å²) in [7, 11) is 0. The van der Waals surface area contributed by atoms with E-state index in [0.29, 0.717) is 18.5 Å². The van der Waals surface area contributed by atoms with Crippen molar-refractivity contribution in [1.82, 2.24) is 9.97 Å². The molecule has 0 aliphatic carbocycles. The summed E-state index contributed by atoms with van der Waals surface area (Å²) in [5.74, 6) is 6.16. The molecule has 0 saturated carbocycles. The molecule has 1 aliphatic rings. The first-order valence-corrected chi connectivity index (χ1v) is 10.0. The number of carboxylic acid groups (broad SMARTS) is 1. The van der Waals surface area contributed by atoms with Crippen LogP contribution in [0, 0.1) is 11.8 Å². The average Bonchev–Trinajstić information content (AvgIpc) is 2.63. The van der Waals surface area contributed by atoms with Gasteiger partial charge in [0.1, 0.15) is 17.0 Å². The highest BCUT2D eigenvalue weighted by Gasteiger charge is 2.38. The summed E-state index contributed by atoms with van der Waals surface area (Å²) in [6.07, 6.45) is 6.42. The molecule has 5 nitrogen and oxygen atoms in total. The molecule has 3 rings (SSSR count). The lowest BCUT2D eigenvalue weighted by Crippen LogP contribution is -2.41. The third kappa shape index (κ3) is 5.57. The van der Waals surface area contributed by atoms with Gasteiger partial charge in [0.2, 0.25) is 0 Å². The number of hydrogen-bond donors (Lipinski definition) is 0. The zero-order valence-corrected chi connectivity index (χ0v) is 17.5. The number of rotatable bonds is 5. The number of aromatic nitrogens is 2. The van der Waals surface area contributed by atoms with Crippen LogP contribution in [0.1, 0.15) is 75.9 Å². The maximum absolute atomic E-state index is 10.4. The molecule has 0 unspecified atom stereocenters. The molecule has 2 heterocycles. The molecule has 0 atom stereocenters. The monoisotopic (exact) mass is 391 g/mol. The maximum Gasteiger partial charge on any atom is 0.131 e. The molecule has 0 bridgehead atoms. The van der Waals surface area contributed by atoms with Crippen LogP contribution in [0.25, 0.3) is 0 Å². The van der Waals surface area contributed by atoms with Gasteiger partial charge in [-0.25, -0.2) is 4.98 Å². The number of ether oxygens (including phenoxy) is 1. The van der Waals surface area contributed by atoms with Crippen LogP contribution in [0.15, 0.2) is 30.6 Å². The van der Waals surface area contributed by atoms with Gasteiger partial charge in [0.05, 0.1) is 11.9 Å². The minimum atomic E-state index is -1.01. The van der Waals surface area contributed by atoms with Crippen molar-refractivity contribution in [3.63, 3.8) is 0 Å². The Morgan fingerprint density at radius 3 is 2.62 bits per heavy atom. The van der Waals surface area contributed by atoms with Crippen LogP contribution in [0.2, 0.25) is 0 Å². The largest absolute Gasteiger partial charge is 0.550 e. The van der Waals surface area contributed by atoms with Crippen molar-refractivity contribution in [3.05, 3.63) is 53.1 Å². The molecule has 1 aromatic carbocycles. The van der Waals surface area contributed by atoms with Crippen LogP contribution in [-0.2, 0) is 16.6 Å². The number of aliphatic carboxylic acids is 1. The first-order valence-electron chi connectivity index (χ1n) is 10.0. The molecule has 2 aromatic rings. The average molecular weight is 391 g/mol. The normalized spacial score (nSPS) is 16.1. The van der Waals surface area contributed by atoms with Crippen molar-refractivity contribution < 1.29 is 14.6 Å². The molecule has 0 amide bonds. The fourth-order valence-corrected chi connectivity index (χ4v) is 3.98. The number of carboxylic acids is 1. The molecule has 0 N–H and O–H groups in total. The summed E-state index contributed by atoms with van der Waals surface area (Å²) >= 11 is 0. The van der Waals surface area contributed by atoms with Gasteiger partial charge in [-0.1, -0.05) is 19.8 Å². The molecule has 0 saturated heterocycles. The van der Waals surface area contributed by atoms with E-state index < -0.39 is 5.97 Å². The van der Waals surface area contributed by atoms with Crippen LogP contribution in [-0.4, -0.2) is 21.5 Å². The Kier molecular flexibility index (Phi) is 5.93. The minimum Gasteiger partial charge on any atom is -0.550 e. The van der Waals surface area contributed by atoms with Crippen LogP contribution in [0.5, 0.6) is 5.75 Å². The first-order chi connectivity index (χ1) is 13.6. The predicted molar refractivity (Wildman–Crippen MR) is 109 cm³/mol. The number of benzene rings is 1. The molecular formula is C24H27N2O3-. The van der Waals surface area contributed by atoms with Crippen molar-refractivity contribution in [2.24, 2.45) is 0 Å². The lowest BCUT2D eigenvalue weighted by molar-refractivity contribution is -0.305. The van der Waals surface area contributed by atoms with E-state index in [1.807, 2.05) is 12.1 Å². The van der Waals surface area contributed by atoms with Gasteiger partial charge in [0, 0.05) is 23.3 Å². The SMILES string of the molecule is CC1(C)CC(C)(C)c2cc(C#Cc3cnc(CCCCC(=O)[O-])cn3)ccc2O1. The second-order valence-electron chi connectivity index (χ2n) is 8.86. The Morgan fingerprint density at radius 1 is 1.14 bits per heavy atom. The summed E-state index contributed by atoms with van der Waals surface area (Å²) < 4.78 is 6.13. The lowest BCUT2D eigenvalue weighted by atomic mass is 9.73. The van der Waals surface area contributed by atoms with Gasteiger partial charge in [0.25, 0.3) is 0 Å². The number of nitrogens with zero attached hydrogens (tertiary/aromatic N) is 2. The summed E-state index contributed by atoms with van der Waals surface area (Å²) in [6, 6.07) is 6.09. The van der Waals surface area contributed by atoms with Crippen molar-refractivity contribution in [2.75, 3.05) is 0 Å². The van der Waals surface area contributed by atoms with Crippen molar-refractivity contribution in [1.29, 1.82) is 0 Å². The van der Waals surface area contributed by atoms with Crippen LogP contribution in [0.3, 0.4) is 0 Å². The van der Waals surface area contributed by atoms with Crippen molar-refractivity contribution in [3.8, 4) is 17.6 Å². The second-order valence-corrected chi connectivity index (χ2v) is 8.86. The zero-order chi connectivity index (χ0) is 21.1. The van der Waals surface area contributed by atoms with Gasteiger partial charge in [-0.05, 0) is 75.5 Å².